The fourth-order valence-electron chi connectivity index (χ4n) is 0.870. The van der Waals surface area contributed by atoms with E-state index in [0.717, 1.165) is 24.3 Å². The van der Waals surface area contributed by atoms with Gasteiger partial charge in [-0.25, -0.2) is 19.1 Å². The van der Waals surface area contributed by atoms with Crippen LogP contribution in [-0.2, 0) is 10.0 Å². The van der Waals surface area contributed by atoms with Crippen LogP contribution in [0.1, 0.15) is 10.4 Å². The van der Waals surface area contributed by atoms with Crippen molar-refractivity contribution in [2.75, 3.05) is 0 Å². The standard InChI is InChI=1S/C7H7ClN2O4S/c8-10(9)15(13,14)6-3-1-5(2-4-6)7(11)12/h1-4H,9H2,(H,11,12). The van der Waals surface area contributed by atoms with Crippen molar-refractivity contribution < 1.29 is 18.3 Å². The fraction of sp³-hybridized carbons (Fsp3) is 0. The normalized spacial score (nSPS) is 11.7. The van der Waals surface area contributed by atoms with E-state index in [1.807, 2.05) is 0 Å². The summed E-state index contributed by atoms with van der Waals surface area (Å²) in [7, 11) is -3.94. The number of nitrogens with two attached hydrogens (primary N) is 1. The van der Waals surface area contributed by atoms with E-state index in [0.29, 0.717) is 0 Å². The maximum Gasteiger partial charge on any atom is 0.335 e. The van der Waals surface area contributed by atoms with Crippen LogP contribution in [0.2, 0.25) is 0 Å². The monoisotopic (exact) mass is 250 g/mol. The molecule has 82 valence electrons. The molecular weight excluding hydrogens is 244 g/mol. The van der Waals surface area contributed by atoms with E-state index in [9.17, 15) is 13.2 Å². The molecule has 6 nitrogen and oxygen atoms in total. The molecule has 1 aromatic carbocycles. The van der Waals surface area contributed by atoms with Crippen LogP contribution >= 0.6 is 11.8 Å². The number of halogens is 1. The second-order valence-corrected chi connectivity index (χ2v) is 4.96. The molecule has 1 aromatic rings. The van der Waals surface area contributed by atoms with Crippen molar-refractivity contribution in [1.29, 1.82) is 0 Å². The third-order valence-corrected chi connectivity index (χ3v) is 3.50. The van der Waals surface area contributed by atoms with Gasteiger partial charge in [0.15, 0.2) is 0 Å². The highest BCUT2D eigenvalue weighted by Gasteiger charge is 2.19. The van der Waals surface area contributed by atoms with Crippen LogP contribution in [0.3, 0.4) is 0 Å². The fourth-order valence-corrected chi connectivity index (χ4v) is 1.79. The van der Waals surface area contributed by atoms with E-state index in [-0.39, 0.29) is 14.4 Å². The number of hydrogen-bond donors (Lipinski definition) is 2. The molecule has 8 heteroatoms. The van der Waals surface area contributed by atoms with Gasteiger partial charge in [-0.1, -0.05) is 0 Å². The average molecular weight is 251 g/mol. The molecule has 0 saturated carbocycles. The van der Waals surface area contributed by atoms with Gasteiger partial charge in [0.2, 0.25) is 0 Å². The number of carbonyl (C=O) groups is 1. The molecule has 0 fully saturated rings. The smallest absolute Gasteiger partial charge is 0.335 e. The Bertz CT molecular complexity index is 468. The summed E-state index contributed by atoms with van der Waals surface area (Å²) >= 11 is 5.11. The van der Waals surface area contributed by atoms with E-state index in [1.165, 1.54) is 0 Å². The van der Waals surface area contributed by atoms with E-state index in [1.54, 1.807) is 0 Å². The van der Waals surface area contributed by atoms with Gasteiger partial charge in [-0.05, 0) is 28.2 Å². The van der Waals surface area contributed by atoms with Crippen molar-refractivity contribution in [3.8, 4) is 0 Å². The first-order chi connectivity index (χ1) is 6.85. The lowest BCUT2D eigenvalue weighted by atomic mass is 10.2. The minimum atomic E-state index is -3.94. The van der Waals surface area contributed by atoms with E-state index < -0.39 is 16.0 Å². The van der Waals surface area contributed by atoms with Crippen molar-refractivity contribution in [2.24, 2.45) is 5.84 Å². The molecule has 0 saturated heterocycles. The van der Waals surface area contributed by atoms with E-state index >= 15 is 0 Å². The molecule has 0 aromatic heterocycles. The number of carboxylic acids is 1. The molecule has 0 bridgehead atoms. The number of sulfonamides is 1. The topological polar surface area (TPSA) is 101 Å². The van der Waals surface area contributed by atoms with E-state index in [4.69, 9.17) is 22.7 Å². The lowest BCUT2D eigenvalue weighted by Gasteiger charge is -2.07. The predicted molar refractivity (Wildman–Crippen MR) is 52.5 cm³/mol. The second-order valence-electron chi connectivity index (χ2n) is 2.58. The van der Waals surface area contributed by atoms with Gasteiger partial charge in [0.25, 0.3) is 10.0 Å². The number of hydrogen-bond acceptors (Lipinski definition) is 4. The van der Waals surface area contributed by atoms with Crippen LogP contribution < -0.4 is 5.84 Å². The molecule has 0 radical (unpaired) electrons. The highest BCUT2D eigenvalue weighted by Crippen LogP contribution is 2.15. The van der Waals surface area contributed by atoms with Gasteiger partial charge in [0.05, 0.1) is 10.5 Å². The summed E-state index contributed by atoms with van der Waals surface area (Å²) in [5, 5.41) is 8.58. The predicted octanol–water partition coefficient (Wildman–Crippen LogP) is 0.403. The number of hydrazine groups is 1. The lowest BCUT2D eigenvalue weighted by Crippen LogP contribution is -2.28. The minimum absolute atomic E-state index is 0.0212. The van der Waals surface area contributed by atoms with Gasteiger partial charge in [0.1, 0.15) is 0 Å². The summed E-state index contributed by atoms with van der Waals surface area (Å²) in [6, 6.07) is 4.52. The third kappa shape index (κ3) is 2.45. The Labute approximate surface area is 91.0 Å². The maximum atomic E-state index is 11.3. The maximum absolute atomic E-state index is 11.3. The van der Waals surface area contributed by atoms with Crippen molar-refractivity contribution in [3.05, 3.63) is 29.8 Å². The summed E-state index contributed by atoms with van der Waals surface area (Å²) in [4.78, 5) is 10.3. The van der Waals surface area contributed by atoms with Crippen molar-refractivity contribution in [3.63, 3.8) is 0 Å². The van der Waals surface area contributed by atoms with Crippen molar-refractivity contribution in [2.45, 2.75) is 4.90 Å². The Kier molecular flexibility index (Phi) is 3.30. The number of nitrogens with zero attached hydrogens (tertiary/aromatic N) is 1. The highest BCUT2D eigenvalue weighted by atomic mass is 35.5. The molecule has 0 spiro atoms. The molecule has 0 heterocycles. The first-order valence-corrected chi connectivity index (χ1v) is 5.42. The minimum Gasteiger partial charge on any atom is -0.478 e. The molecule has 0 atom stereocenters. The number of rotatable bonds is 3. The van der Waals surface area contributed by atoms with Crippen LogP contribution in [0.4, 0.5) is 0 Å². The summed E-state index contributed by atoms with van der Waals surface area (Å²) in [5.41, 5.74) is -0.0212. The zero-order chi connectivity index (χ0) is 11.6. The molecule has 0 amide bonds. The lowest BCUT2D eigenvalue weighted by molar-refractivity contribution is 0.0697. The Morgan fingerprint density at radius 2 is 1.80 bits per heavy atom. The Morgan fingerprint density at radius 1 is 1.33 bits per heavy atom. The van der Waals surface area contributed by atoms with Crippen molar-refractivity contribution in [1.82, 2.24) is 3.93 Å². The van der Waals surface area contributed by atoms with Crippen LogP contribution in [0.15, 0.2) is 29.2 Å². The van der Waals surface area contributed by atoms with Gasteiger partial charge in [0, 0.05) is 11.8 Å². The summed E-state index contributed by atoms with van der Waals surface area (Å²) in [5.74, 6) is 3.75. The molecule has 3 N–H and O–H groups in total. The Morgan fingerprint density at radius 3 is 2.13 bits per heavy atom. The number of carboxylic acid groups (broad SMARTS) is 1. The van der Waals surface area contributed by atoms with Crippen molar-refractivity contribution >= 4 is 27.8 Å². The van der Waals surface area contributed by atoms with E-state index in [2.05, 4.69) is 0 Å². The number of aromatic carboxylic acids is 1. The van der Waals surface area contributed by atoms with Crippen LogP contribution in [-0.4, -0.2) is 23.4 Å². The van der Waals surface area contributed by atoms with Gasteiger partial charge >= 0.3 is 5.97 Å². The molecule has 0 aliphatic heterocycles. The Balaban J connectivity index is 3.15. The van der Waals surface area contributed by atoms with Gasteiger partial charge < -0.3 is 5.11 Å². The van der Waals surface area contributed by atoms with Gasteiger partial charge in [-0.15, -0.1) is 0 Å². The average Bonchev–Trinajstić information content (AvgIpc) is 2.17. The SMILES string of the molecule is NN(Cl)S(=O)(=O)c1ccc(C(=O)O)cc1. The summed E-state index contributed by atoms with van der Waals surface area (Å²) in [6.45, 7) is 0. The first kappa shape index (κ1) is 11.9. The molecule has 0 unspecified atom stereocenters. The molecule has 15 heavy (non-hydrogen) atoms. The van der Waals surface area contributed by atoms with Gasteiger partial charge in [-0.2, -0.15) is 0 Å². The molecule has 1 rings (SSSR count). The van der Waals surface area contributed by atoms with Gasteiger partial charge in [-0.3, -0.25) is 0 Å². The van der Waals surface area contributed by atoms with Crippen LogP contribution in [0.25, 0.3) is 0 Å². The zero-order valence-electron chi connectivity index (χ0n) is 7.29. The largest absolute Gasteiger partial charge is 0.478 e. The van der Waals surface area contributed by atoms with Crippen LogP contribution in [0, 0.1) is 0 Å². The quantitative estimate of drug-likeness (QED) is 0.459. The third-order valence-electron chi connectivity index (χ3n) is 1.63. The number of benzene rings is 1. The summed E-state index contributed by atoms with van der Waals surface area (Å²) in [6.07, 6.45) is 0. The highest BCUT2D eigenvalue weighted by molar-refractivity contribution is 7.90. The second kappa shape index (κ2) is 4.15. The molecule has 0 aliphatic rings. The molecular formula is C7H7ClN2O4S. The zero-order valence-corrected chi connectivity index (χ0v) is 8.86. The van der Waals surface area contributed by atoms with Crippen LogP contribution in [0.5, 0.6) is 0 Å². The Hall–Kier alpha value is -1.15. The summed E-state index contributed by atoms with van der Waals surface area (Å²) < 4.78 is 22.7. The first-order valence-electron chi connectivity index (χ1n) is 3.65. The molecule has 0 aliphatic carbocycles.